The van der Waals surface area contributed by atoms with Gasteiger partial charge in [0.25, 0.3) is 0 Å². The van der Waals surface area contributed by atoms with E-state index in [0.717, 1.165) is 5.57 Å². The molecule has 6 nitrogen and oxygen atoms in total. The zero-order chi connectivity index (χ0) is 22.6. The Labute approximate surface area is 181 Å². The summed E-state index contributed by atoms with van der Waals surface area (Å²) in [5.41, 5.74) is -4.68. The second-order valence-corrected chi connectivity index (χ2v) is 10.9. The van der Waals surface area contributed by atoms with E-state index < -0.39 is 58.4 Å². The van der Waals surface area contributed by atoms with Gasteiger partial charge in [-0.05, 0) is 52.0 Å². The number of Topliss-reactive ketones (excluding diaryl/α,β-unsaturated/α-hetero) is 1. The zero-order valence-corrected chi connectivity index (χ0v) is 18.5. The van der Waals surface area contributed by atoms with E-state index in [0.29, 0.717) is 12.8 Å². The van der Waals surface area contributed by atoms with Gasteiger partial charge in [-0.1, -0.05) is 24.6 Å². The van der Waals surface area contributed by atoms with Crippen LogP contribution in [0.1, 0.15) is 53.4 Å². The maximum atomic E-state index is 17.1. The lowest BCUT2D eigenvalue weighted by Gasteiger charge is -2.62. The van der Waals surface area contributed by atoms with Crippen LogP contribution in [0.2, 0.25) is 0 Å². The molecule has 1 aliphatic heterocycles. The van der Waals surface area contributed by atoms with Crippen molar-refractivity contribution < 1.29 is 33.7 Å². The van der Waals surface area contributed by atoms with Crippen LogP contribution < -0.4 is 0 Å². The first kappa shape index (κ1) is 21.4. The first-order valence-corrected chi connectivity index (χ1v) is 11.2. The predicted octanol–water partition coefficient (Wildman–Crippen LogP) is 2.42. The topological polar surface area (TPSA) is 93.1 Å². The SMILES string of the molecule is CC1(C)OC2CC3[C@@H]4CC=C5CC(=O)C=C[C@]5(C)C4(F)[C@@H](O)C[C@]3(C)[C@]2(C(=O)CO)O1. The molecule has 0 spiro atoms. The van der Waals surface area contributed by atoms with E-state index in [9.17, 15) is 19.8 Å². The van der Waals surface area contributed by atoms with Crippen LogP contribution in [0.5, 0.6) is 0 Å². The maximum Gasteiger partial charge on any atom is 0.193 e. The smallest absolute Gasteiger partial charge is 0.193 e. The summed E-state index contributed by atoms with van der Waals surface area (Å²) in [6.45, 7) is 6.40. The Balaban J connectivity index is 1.65. The minimum atomic E-state index is -1.98. The summed E-state index contributed by atoms with van der Waals surface area (Å²) >= 11 is 0. The molecular weight excluding hydrogens is 403 g/mol. The highest BCUT2D eigenvalue weighted by Crippen LogP contribution is 2.71. The fraction of sp³-hybridized carbons (Fsp3) is 0.750. The molecule has 0 amide bonds. The molecule has 0 bridgehead atoms. The number of rotatable bonds is 2. The second kappa shape index (κ2) is 6.13. The average Bonchev–Trinajstić information content (AvgIpc) is 3.09. The first-order valence-electron chi connectivity index (χ1n) is 11.2. The van der Waals surface area contributed by atoms with Crippen molar-refractivity contribution in [2.45, 2.75) is 82.6 Å². The van der Waals surface area contributed by atoms with E-state index >= 15 is 4.39 Å². The average molecular weight is 435 g/mol. The van der Waals surface area contributed by atoms with Crippen molar-refractivity contribution in [3.63, 3.8) is 0 Å². The second-order valence-electron chi connectivity index (χ2n) is 10.9. The molecule has 8 atom stereocenters. The normalized spacial score (nSPS) is 52.1. The molecule has 2 saturated carbocycles. The molecule has 7 heteroatoms. The van der Waals surface area contributed by atoms with Crippen molar-refractivity contribution in [1.29, 1.82) is 0 Å². The van der Waals surface area contributed by atoms with Crippen molar-refractivity contribution >= 4 is 11.6 Å². The van der Waals surface area contributed by atoms with Crippen LogP contribution in [0.3, 0.4) is 0 Å². The molecule has 5 aliphatic rings. The number of carbonyl (C=O) groups is 2. The van der Waals surface area contributed by atoms with Crippen LogP contribution in [0.25, 0.3) is 0 Å². The van der Waals surface area contributed by atoms with Gasteiger partial charge in [-0.25, -0.2) is 4.39 Å². The van der Waals surface area contributed by atoms with Crippen molar-refractivity contribution in [2.75, 3.05) is 6.61 Å². The Morgan fingerprint density at radius 2 is 1.97 bits per heavy atom. The van der Waals surface area contributed by atoms with E-state index in [-0.39, 0.29) is 24.5 Å². The molecule has 170 valence electrons. The lowest BCUT2D eigenvalue weighted by Crippen LogP contribution is -2.69. The Bertz CT molecular complexity index is 925. The first-order chi connectivity index (χ1) is 14.4. The van der Waals surface area contributed by atoms with Gasteiger partial charge < -0.3 is 19.7 Å². The summed E-state index contributed by atoms with van der Waals surface area (Å²) in [5, 5.41) is 21.2. The minimum Gasteiger partial charge on any atom is -0.390 e. The molecule has 3 unspecified atom stereocenters. The minimum absolute atomic E-state index is 0.0109. The van der Waals surface area contributed by atoms with E-state index in [2.05, 4.69) is 0 Å². The third kappa shape index (κ3) is 2.31. The predicted molar refractivity (Wildman–Crippen MR) is 109 cm³/mol. The van der Waals surface area contributed by atoms with Gasteiger partial charge in [0.2, 0.25) is 0 Å². The Hall–Kier alpha value is -1.41. The number of aliphatic hydroxyl groups is 2. The molecule has 2 N–H and O–H groups in total. The lowest BCUT2D eigenvalue weighted by molar-refractivity contribution is -0.243. The van der Waals surface area contributed by atoms with Gasteiger partial charge in [0.15, 0.2) is 28.6 Å². The number of halogens is 1. The highest BCUT2D eigenvalue weighted by molar-refractivity contribution is 5.94. The Morgan fingerprint density at radius 3 is 2.65 bits per heavy atom. The molecule has 4 aliphatic carbocycles. The van der Waals surface area contributed by atoms with Crippen molar-refractivity contribution in [3.05, 3.63) is 23.8 Å². The largest absolute Gasteiger partial charge is 0.390 e. The molecule has 0 aromatic carbocycles. The van der Waals surface area contributed by atoms with Gasteiger partial charge in [-0.2, -0.15) is 0 Å². The van der Waals surface area contributed by atoms with Crippen LogP contribution in [0, 0.1) is 22.7 Å². The summed E-state index contributed by atoms with van der Waals surface area (Å²) in [7, 11) is 0. The van der Waals surface area contributed by atoms with Gasteiger partial charge in [-0.15, -0.1) is 0 Å². The Kier molecular flexibility index (Phi) is 4.24. The van der Waals surface area contributed by atoms with Gasteiger partial charge in [0.1, 0.15) is 6.61 Å². The van der Waals surface area contributed by atoms with Gasteiger partial charge in [-0.3, -0.25) is 9.59 Å². The van der Waals surface area contributed by atoms with Gasteiger partial charge >= 0.3 is 0 Å². The monoisotopic (exact) mass is 434 g/mol. The molecule has 1 heterocycles. The molecule has 0 aromatic rings. The molecule has 5 rings (SSSR count). The van der Waals surface area contributed by atoms with Crippen LogP contribution in [0.15, 0.2) is 23.8 Å². The number of alkyl halides is 1. The highest BCUT2D eigenvalue weighted by Gasteiger charge is 2.79. The molecule has 0 radical (unpaired) electrons. The third-order valence-electron chi connectivity index (χ3n) is 9.16. The number of aliphatic hydroxyl groups excluding tert-OH is 2. The fourth-order valence-corrected chi connectivity index (χ4v) is 7.83. The number of allylic oxidation sites excluding steroid dienone is 4. The van der Waals surface area contributed by atoms with E-state index in [4.69, 9.17) is 9.47 Å². The number of hydrogen-bond donors (Lipinski definition) is 2. The number of ketones is 2. The summed E-state index contributed by atoms with van der Waals surface area (Å²) in [4.78, 5) is 25.1. The molecule has 0 aromatic heterocycles. The summed E-state index contributed by atoms with van der Waals surface area (Å²) in [6.07, 6.45) is 3.97. The van der Waals surface area contributed by atoms with E-state index in [1.165, 1.54) is 6.08 Å². The molecule has 31 heavy (non-hydrogen) atoms. The Morgan fingerprint density at radius 1 is 1.26 bits per heavy atom. The maximum absolute atomic E-state index is 17.1. The quantitative estimate of drug-likeness (QED) is 0.649. The molecular formula is C24H31FO6. The third-order valence-corrected chi connectivity index (χ3v) is 9.16. The van der Waals surface area contributed by atoms with Crippen LogP contribution in [0.4, 0.5) is 4.39 Å². The van der Waals surface area contributed by atoms with Crippen molar-refractivity contribution in [1.82, 2.24) is 0 Å². The van der Waals surface area contributed by atoms with Crippen molar-refractivity contribution in [3.8, 4) is 0 Å². The standard InChI is InChI=1S/C24H31FO6/c1-20(2)30-19-10-16-15-6-5-13-9-14(27)7-8-21(13,3)23(15,25)17(28)11-22(16,4)24(19,31-20)18(29)12-26/h5,7-8,15-17,19,26,28H,6,9-12H2,1-4H3/t15-,16?,17-,19?,21-,22-,23?,24+/m0/s1. The van der Waals surface area contributed by atoms with Gasteiger partial charge in [0, 0.05) is 23.2 Å². The highest BCUT2D eigenvalue weighted by atomic mass is 19.1. The van der Waals surface area contributed by atoms with Gasteiger partial charge in [0.05, 0.1) is 12.2 Å². The summed E-state index contributed by atoms with van der Waals surface area (Å²) in [5.74, 6) is -2.42. The van der Waals surface area contributed by atoms with E-state index in [1.54, 1.807) is 26.8 Å². The number of hydrogen-bond acceptors (Lipinski definition) is 6. The van der Waals surface area contributed by atoms with Crippen LogP contribution >= 0.6 is 0 Å². The lowest BCUT2D eigenvalue weighted by atomic mass is 9.45. The zero-order valence-electron chi connectivity index (χ0n) is 18.5. The number of fused-ring (bicyclic) bond motifs is 7. The van der Waals surface area contributed by atoms with Crippen LogP contribution in [-0.2, 0) is 19.1 Å². The fourth-order valence-electron chi connectivity index (χ4n) is 7.83. The van der Waals surface area contributed by atoms with Crippen molar-refractivity contribution in [2.24, 2.45) is 22.7 Å². The number of ether oxygens (including phenoxy) is 2. The summed E-state index contributed by atoms with van der Waals surface area (Å²) in [6, 6.07) is 0. The van der Waals surface area contributed by atoms with E-state index in [1.807, 2.05) is 13.0 Å². The molecule has 3 fully saturated rings. The number of carbonyl (C=O) groups excluding carboxylic acids is 2. The molecule has 1 saturated heterocycles. The van der Waals surface area contributed by atoms with Crippen LogP contribution in [-0.4, -0.2) is 57.7 Å². The summed E-state index contributed by atoms with van der Waals surface area (Å²) < 4.78 is 29.5.